The Morgan fingerprint density at radius 3 is 2.45 bits per heavy atom. The Kier molecular flexibility index (Phi) is 13.2. The molecule has 13 heteroatoms. The normalized spacial score (nSPS) is 26.7. The number of aliphatic hydroxyl groups is 4. The summed E-state index contributed by atoms with van der Waals surface area (Å²) in [6.07, 6.45) is -7.19. The fourth-order valence-electron chi connectivity index (χ4n) is 2.43. The van der Waals surface area contributed by atoms with Crippen molar-refractivity contribution in [2.45, 2.75) is 36.7 Å². The first-order valence-corrected chi connectivity index (χ1v) is 9.55. The van der Waals surface area contributed by atoms with Crippen molar-refractivity contribution in [1.29, 1.82) is 0 Å². The number of carbonyl (C=O) groups excluding carboxylic acids is 2. The Morgan fingerprint density at radius 1 is 1.10 bits per heavy atom. The van der Waals surface area contributed by atoms with Crippen LogP contribution in [0.2, 0.25) is 0 Å². The van der Waals surface area contributed by atoms with E-state index in [4.69, 9.17) is 28.4 Å². The number of hydrogen-bond acceptors (Lipinski definition) is 12. The smallest absolute Gasteiger partial charge is 0.408 e. The first kappa shape index (κ1) is 27.2. The van der Waals surface area contributed by atoms with Crippen LogP contribution in [0.25, 0.3) is 0 Å². The van der Waals surface area contributed by atoms with E-state index >= 15 is 0 Å². The molecular weight excluding hydrogens is 422 g/mol. The molecule has 180 valence electrons. The van der Waals surface area contributed by atoms with E-state index in [0.717, 1.165) is 0 Å². The highest BCUT2D eigenvalue weighted by Gasteiger charge is 2.44. The summed E-state index contributed by atoms with van der Waals surface area (Å²) in [5.41, 5.74) is 0. The van der Waals surface area contributed by atoms with Gasteiger partial charge in [-0.15, -0.1) is 0 Å². The molecule has 1 rings (SSSR count). The van der Waals surface area contributed by atoms with Gasteiger partial charge in [0.15, 0.2) is 12.3 Å². The Hall–Kier alpha value is -1.84. The van der Waals surface area contributed by atoms with Gasteiger partial charge in [0.2, 0.25) is 0 Å². The molecule has 6 atom stereocenters. The molecular formula is C18H31NO12. The number of nitrogens with one attached hydrogen (secondary N) is 1. The van der Waals surface area contributed by atoms with E-state index < -0.39 is 62.0 Å². The molecule has 1 heterocycles. The number of amides is 1. The fourth-order valence-corrected chi connectivity index (χ4v) is 2.43. The summed E-state index contributed by atoms with van der Waals surface area (Å²) >= 11 is 0. The van der Waals surface area contributed by atoms with Gasteiger partial charge in [-0.1, -0.05) is 12.7 Å². The van der Waals surface area contributed by atoms with Gasteiger partial charge in [0.1, 0.15) is 37.6 Å². The van der Waals surface area contributed by atoms with Gasteiger partial charge >= 0.3 is 12.1 Å². The number of carbonyl (C=O) groups is 2. The zero-order valence-electron chi connectivity index (χ0n) is 17.3. The molecule has 1 fully saturated rings. The minimum absolute atomic E-state index is 0.0936. The summed E-state index contributed by atoms with van der Waals surface area (Å²) in [5, 5.41) is 41.1. The van der Waals surface area contributed by atoms with E-state index in [9.17, 15) is 30.0 Å². The van der Waals surface area contributed by atoms with Crippen LogP contribution < -0.4 is 5.32 Å². The second kappa shape index (κ2) is 15.0. The number of rotatable bonds is 14. The predicted molar refractivity (Wildman–Crippen MR) is 102 cm³/mol. The SMILES string of the molecule is C=CCOC(=O)N[C@@H](CO[C@@H]1O[C@H](CO)[C@H](O)[C@H](O)[C@H]1O)C(=O)OCCOCCOC. The lowest BCUT2D eigenvalue weighted by Gasteiger charge is -2.39. The third-order valence-electron chi connectivity index (χ3n) is 4.09. The number of hydrogen-bond donors (Lipinski definition) is 5. The molecule has 1 aliphatic rings. The third-order valence-corrected chi connectivity index (χ3v) is 4.09. The van der Waals surface area contributed by atoms with Crippen LogP contribution in [0.4, 0.5) is 4.79 Å². The van der Waals surface area contributed by atoms with Gasteiger partial charge in [-0.25, -0.2) is 9.59 Å². The molecule has 5 N–H and O–H groups in total. The van der Waals surface area contributed by atoms with Crippen molar-refractivity contribution < 1.29 is 58.4 Å². The van der Waals surface area contributed by atoms with E-state index in [0.29, 0.717) is 13.2 Å². The molecule has 31 heavy (non-hydrogen) atoms. The fraction of sp³-hybridized carbons (Fsp3) is 0.778. The average molecular weight is 453 g/mol. The van der Waals surface area contributed by atoms with E-state index in [1.165, 1.54) is 13.2 Å². The monoisotopic (exact) mass is 453 g/mol. The molecule has 1 saturated heterocycles. The molecule has 1 aliphatic heterocycles. The zero-order chi connectivity index (χ0) is 23.2. The summed E-state index contributed by atoms with van der Waals surface area (Å²) in [6, 6.07) is -1.36. The highest BCUT2D eigenvalue weighted by atomic mass is 16.7. The van der Waals surface area contributed by atoms with Crippen LogP contribution >= 0.6 is 0 Å². The summed E-state index contributed by atoms with van der Waals surface area (Å²) < 4.78 is 30.3. The predicted octanol–water partition coefficient (Wildman–Crippen LogP) is -2.71. The topological polar surface area (TPSA) is 182 Å². The standard InChI is InChI=1S/C18H31NO12/c1-3-4-29-18(25)19-11(16(24)28-8-7-27-6-5-26-2)10-30-17-15(23)14(22)13(21)12(9-20)31-17/h3,11-15,17,20-23H,1,4-10H2,2H3,(H,19,25)/t11-,12+,13-,14-,15+,17+/m0/s1. The van der Waals surface area contributed by atoms with Gasteiger partial charge in [0.25, 0.3) is 0 Å². The van der Waals surface area contributed by atoms with Gasteiger partial charge in [0.05, 0.1) is 33.0 Å². The molecule has 0 spiro atoms. The molecule has 0 radical (unpaired) electrons. The van der Waals surface area contributed by atoms with E-state index in [2.05, 4.69) is 11.9 Å². The minimum atomic E-state index is -1.67. The second-order valence-electron chi connectivity index (χ2n) is 6.39. The Bertz CT molecular complexity index is 546. The maximum absolute atomic E-state index is 12.3. The first-order valence-electron chi connectivity index (χ1n) is 9.55. The zero-order valence-corrected chi connectivity index (χ0v) is 17.3. The van der Waals surface area contributed by atoms with Gasteiger partial charge in [-0.05, 0) is 0 Å². The molecule has 13 nitrogen and oxygen atoms in total. The quantitative estimate of drug-likeness (QED) is 0.104. The van der Waals surface area contributed by atoms with Crippen molar-refractivity contribution in [2.24, 2.45) is 0 Å². The lowest BCUT2D eigenvalue weighted by atomic mass is 9.99. The highest BCUT2D eigenvalue weighted by Crippen LogP contribution is 2.22. The van der Waals surface area contributed by atoms with Crippen LogP contribution in [0.3, 0.4) is 0 Å². The number of aliphatic hydroxyl groups excluding tert-OH is 4. The van der Waals surface area contributed by atoms with Crippen LogP contribution in [0.1, 0.15) is 0 Å². The van der Waals surface area contributed by atoms with Gasteiger partial charge in [-0.2, -0.15) is 0 Å². The summed E-state index contributed by atoms with van der Waals surface area (Å²) in [7, 11) is 1.51. The Balaban J connectivity index is 2.65. The molecule has 0 saturated carbocycles. The van der Waals surface area contributed by atoms with Crippen LogP contribution in [0.15, 0.2) is 12.7 Å². The van der Waals surface area contributed by atoms with E-state index in [1.807, 2.05) is 0 Å². The minimum Gasteiger partial charge on any atom is -0.462 e. The van der Waals surface area contributed by atoms with E-state index in [-0.39, 0.29) is 19.8 Å². The van der Waals surface area contributed by atoms with E-state index in [1.54, 1.807) is 0 Å². The lowest BCUT2D eigenvalue weighted by Crippen LogP contribution is -2.60. The first-order chi connectivity index (χ1) is 14.8. The Labute approximate surface area is 179 Å². The van der Waals surface area contributed by atoms with Crippen molar-refractivity contribution in [2.75, 3.05) is 53.4 Å². The summed E-state index contributed by atoms with van der Waals surface area (Å²) in [6.45, 7) is 2.79. The molecule has 0 unspecified atom stereocenters. The van der Waals surface area contributed by atoms with Crippen LogP contribution in [-0.2, 0) is 33.2 Å². The number of methoxy groups -OCH3 is 1. The molecule has 0 aromatic carbocycles. The third kappa shape index (κ3) is 9.45. The van der Waals surface area contributed by atoms with Crippen molar-refractivity contribution in [3.05, 3.63) is 12.7 Å². The number of ether oxygens (including phenoxy) is 6. The van der Waals surface area contributed by atoms with Gasteiger partial charge in [0, 0.05) is 7.11 Å². The number of alkyl carbamates (subject to hydrolysis) is 1. The van der Waals surface area contributed by atoms with Crippen molar-refractivity contribution in [3.63, 3.8) is 0 Å². The van der Waals surface area contributed by atoms with Gasteiger partial charge in [-0.3, -0.25) is 0 Å². The van der Waals surface area contributed by atoms with Gasteiger partial charge < -0.3 is 54.2 Å². The lowest BCUT2D eigenvalue weighted by molar-refractivity contribution is -0.301. The van der Waals surface area contributed by atoms with Crippen molar-refractivity contribution in [3.8, 4) is 0 Å². The number of esters is 1. The summed E-state index contributed by atoms with van der Waals surface area (Å²) in [5.74, 6) is -0.879. The molecule has 1 amide bonds. The largest absolute Gasteiger partial charge is 0.462 e. The molecule has 0 aromatic heterocycles. The Morgan fingerprint density at radius 2 is 1.81 bits per heavy atom. The van der Waals surface area contributed by atoms with Crippen LogP contribution in [-0.4, -0.2) is 123 Å². The molecule has 0 bridgehead atoms. The molecule has 0 aliphatic carbocycles. The van der Waals surface area contributed by atoms with Crippen molar-refractivity contribution >= 4 is 12.1 Å². The average Bonchev–Trinajstić information content (AvgIpc) is 2.76. The highest BCUT2D eigenvalue weighted by molar-refractivity contribution is 5.81. The van der Waals surface area contributed by atoms with Crippen LogP contribution in [0, 0.1) is 0 Å². The second-order valence-corrected chi connectivity index (χ2v) is 6.39. The van der Waals surface area contributed by atoms with Crippen molar-refractivity contribution in [1.82, 2.24) is 5.32 Å². The maximum atomic E-state index is 12.3. The maximum Gasteiger partial charge on any atom is 0.408 e. The summed E-state index contributed by atoms with van der Waals surface area (Å²) in [4.78, 5) is 24.1. The molecule has 0 aromatic rings. The van der Waals surface area contributed by atoms with Crippen LogP contribution in [0.5, 0.6) is 0 Å².